The Morgan fingerprint density at radius 2 is 2.06 bits per heavy atom. The second kappa shape index (κ2) is 5.68. The maximum Gasteiger partial charge on any atom is 0.134 e. The van der Waals surface area contributed by atoms with Crippen molar-refractivity contribution in [3.8, 4) is 0 Å². The molecule has 3 heteroatoms. The van der Waals surface area contributed by atoms with E-state index in [1.54, 1.807) is 0 Å². The topological polar surface area (TPSA) is 37.8 Å². The lowest BCUT2D eigenvalue weighted by Crippen LogP contribution is -2.16. The minimum atomic E-state index is 0.561. The summed E-state index contributed by atoms with van der Waals surface area (Å²) in [5.74, 6) is 3.46. The molecule has 2 unspecified atom stereocenters. The molecule has 1 aromatic heterocycles. The average molecular weight is 247 g/mol. The molecule has 0 amide bonds. The van der Waals surface area contributed by atoms with E-state index in [0.717, 1.165) is 29.7 Å². The summed E-state index contributed by atoms with van der Waals surface area (Å²) >= 11 is 0. The van der Waals surface area contributed by atoms with Crippen LogP contribution in [0.3, 0.4) is 0 Å². The van der Waals surface area contributed by atoms with Gasteiger partial charge in [-0.2, -0.15) is 0 Å². The molecule has 0 bridgehead atoms. The Balaban J connectivity index is 2.30. The summed E-state index contributed by atoms with van der Waals surface area (Å²) in [6.07, 6.45) is 6.16. The second-order valence-electron chi connectivity index (χ2n) is 5.57. The highest BCUT2D eigenvalue weighted by Crippen LogP contribution is 2.35. The van der Waals surface area contributed by atoms with Crippen LogP contribution in [0.25, 0.3) is 0 Å². The van der Waals surface area contributed by atoms with Crippen LogP contribution < -0.4 is 5.32 Å². The molecule has 0 radical (unpaired) electrons. The Morgan fingerprint density at radius 1 is 1.28 bits per heavy atom. The summed E-state index contributed by atoms with van der Waals surface area (Å²) in [4.78, 5) is 9.52. The number of anilines is 1. The number of hydrogen-bond acceptors (Lipinski definition) is 3. The molecule has 0 spiro atoms. The lowest BCUT2D eigenvalue weighted by molar-refractivity contribution is 0.335. The summed E-state index contributed by atoms with van der Waals surface area (Å²) in [6.45, 7) is 6.62. The molecule has 3 nitrogen and oxygen atoms in total. The van der Waals surface area contributed by atoms with E-state index in [-0.39, 0.29) is 0 Å². The highest BCUT2D eigenvalue weighted by atomic mass is 15.0. The van der Waals surface area contributed by atoms with Crippen molar-refractivity contribution >= 4 is 5.82 Å². The SMILES string of the molecule is CCc1c(C)nc(C2CCCC(C)C2)nc1NC. The molecular formula is C15H25N3. The zero-order chi connectivity index (χ0) is 13.1. The van der Waals surface area contributed by atoms with E-state index in [0.29, 0.717) is 5.92 Å². The molecule has 2 rings (SSSR count). The summed E-state index contributed by atoms with van der Waals surface area (Å²) in [6, 6.07) is 0. The van der Waals surface area contributed by atoms with Gasteiger partial charge in [-0.15, -0.1) is 0 Å². The van der Waals surface area contributed by atoms with Gasteiger partial charge in [-0.25, -0.2) is 9.97 Å². The van der Waals surface area contributed by atoms with Crippen LogP contribution in [-0.2, 0) is 6.42 Å². The predicted octanol–water partition coefficient (Wildman–Crippen LogP) is 3.68. The van der Waals surface area contributed by atoms with Crippen molar-refractivity contribution in [2.75, 3.05) is 12.4 Å². The fraction of sp³-hybridized carbons (Fsp3) is 0.733. The lowest BCUT2D eigenvalue weighted by atomic mass is 9.82. The number of aromatic nitrogens is 2. The second-order valence-corrected chi connectivity index (χ2v) is 5.57. The minimum Gasteiger partial charge on any atom is -0.373 e. The van der Waals surface area contributed by atoms with Gasteiger partial charge >= 0.3 is 0 Å². The first kappa shape index (κ1) is 13.3. The molecule has 0 saturated heterocycles. The zero-order valence-electron chi connectivity index (χ0n) is 12.1. The monoisotopic (exact) mass is 247 g/mol. The van der Waals surface area contributed by atoms with Gasteiger partial charge in [-0.3, -0.25) is 0 Å². The van der Waals surface area contributed by atoms with E-state index < -0.39 is 0 Å². The van der Waals surface area contributed by atoms with Gasteiger partial charge in [0, 0.05) is 24.2 Å². The molecule has 0 aromatic carbocycles. The third-order valence-corrected chi connectivity index (χ3v) is 4.12. The summed E-state index contributed by atoms with van der Waals surface area (Å²) in [7, 11) is 1.95. The summed E-state index contributed by atoms with van der Waals surface area (Å²) in [5.41, 5.74) is 2.40. The van der Waals surface area contributed by atoms with Crippen LogP contribution in [-0.4, -0.2) is 17.0 Å². The van der Waals surface area contributed by atoms with Gasteiger partial charge in [0.05, 0.1) is 0 Å². The molecule has 1 aromatic rings. The molecule has 1 fully saturated rings. The molecule has 0 aliphatic heterocycles. The third-order valence-electron chi connectivity index (χ3n) is 4.12. The molecule has 2 atom stereocenters. The molecule has 1 heterocycles. The van der Waals surface area contributed by atoms with Gasteiger partial charge < -0.3 is 5.32 Å². The van der Waals surface area contributed by atoms with E-state index >= 15 is 0 Å². The van der Waals surface area contributed by atoms with Crippen LogP contribution in [0.5, 0.6) is 0 Å². The van der Waals surface area contributed by atoms with Gasteiger partial charge in [0.25, 0.3) is 0 Å². The highest BCUT2D eigenvalue weighted by Gasteiger charge is 2.23. The van der Waals surface area contributed by atoms with Crippen molar-refractivity contribution < 1.29 is 0 Å². The molecule has 18 heavy (non-hydrogen) atoms. The highest BCUT2D eigenvalue weighted by molar-refractivity contribution is 5.46. The van der Waals surface area contributed by atoms with Crippen molar-refractivity contribution in [1.29, 1.82) is 0 Å². The molecule has 1 saturated carbocycles. The normalized spacial score (nSPS) is 24.0. The van der Waals surface area contributed by atoms with Crippen LogP contribution in [0.2, 0.25) is 0 Å². The van der Waals surface area contributed by atoms with Gasteiger partial charge in [-0.05, 0) is 32.1 Å². The van der Waals surface area contributed by atoms with Crippen LogP contribution in [0.15, 0.2) is 0 Å². The molecule has 1 N–H and O–H groups in total. The van der Waals surface area contributed by atoms with Crippen LogP contribution in [0, 0.1) is 12.8 Å². The fourth-order valence-corrected chi connectivity index (χ4v) is 3.10. The lowest BCUT2D eigenvalue weighted by Gasteiger charge is -2.26. The Labute approximate surface area is 110 Å². The Hall–Kier alpha value is -1.12. The maximum atomic E-state index is 4.76. The van der Waals surface area contributed by atoms with Gasteiger partial charge in [0.2, 0.25) is 0 Å². The minimum absolute atomic E-state index is 0.561. The van der Waals surface area contributed by atoms with E-state index in [9.17, 15) is 0 Å². The number of rotatable bonds is 3. The summed E-state index contributed by atoms with van der Waals surface area (Å²) < 4.78 is 0. The van der Waals surface area contributed by atoms with Gasteiger partial charge in [0.15, 0.2) is 0 Å². The van der Waals surface area contributed by atoms with E-state index in [1.165, 1.54) is 31.2 Å². The molecule has 1 aliphatic carbocycles. The zero-order valence-corrected chi connectivity index (χ0v) is 12.1. The largest absolute Gasteiger partial charge is 0.373 e. The molecule has 100 valence electrons. The molecular weight excluding hydrogens is 222 g/mol. The Bertz CT molecular complexity index is 414. The van der Waals surface area contributed by atoms with Crippen molar-refractivity contribution in [2.24, 2.45) is 5.92 Å². The van der Waals surface area contributed by atoms with E-state index in [2.05, 4.69) is 26.1 Å². The van der Waals surface area contributed by atoms with Crippen molar-refractivity contribution in [2.45, 2.75) is 58.8 Å². The number of hydrogen-bond donors (Lipinski definition) is 1. The Kier molecular flexibility index (Phi) is 4.20. The first-order chi connectivity index (χ1) is 8.65. The smallest absolute Gasteiger partial charge is 0.134 e. The number of nitrogens with one attached hydrogen (secondary N) is 1. The van der Waals surface area contributed by atoms with Crippen molar-refractivity contribution in [3.05, 3.63) is 17.1 Å². The predicted molar refractivity (Wildman–Crippen MR) is 76.1 cm³/mol. The first-order valence-corrected chi connectivity index (χ1v) is 7.20. The van der Waals surface area contributed by atoms with E-state index in [4.69, 9.17) is 9.97 Å². The summed E-state index contributed by atoms with van der Waals surface area (Å²) in [5, 5.41) is 3.23. The van der Waals surface area contributed by atoms with Crippen LogP contribution in [0.4, 0.5) is 5.82 Å². The number of aryl methyl sites for hydroxylation is 1. The van der Waals surface area contributed by atoms with Gasteiger partial charge in [-0.1, -0.05) is 26.7 Å². The Morgan fingerprint density at radius 3 is 2.67 bits per heavy atom. The maximum absolute atomic E-state index is 4.76. The first-order valence-electron chi connectivity index (χ1n) is 7.20. The van der Waals surface area contributed by atoms with Crippen LogP contribution in [0.1, 0.15) is 62.5 Å². The molecule has 1 aliphatic rings. The van der Waals surface area contributed by atoms with Gasteiger partial charge in [0.1, 0.15) is 11.6 Å². The fourth-order valence-electron chi connectivity index (χ4n) is 3.10. The standard InChI is InChI=1S/C15H25N3/c1-5-13-11(3)17-14(18-15(13)16-4)12-8-6-7-10(2)9-12/h10,12H,5-9H2,1-4H3,(H,16,17,18). The third kappa shape index (κ3) is 2.65. The van der Waals surface area contributed by atoms with E-state index in [1.807, 2.05) is 7.05 Å². The number of nitrogens with zero attached hydrogens (tertiary/aromatic N) is 2. The van der Waals surface area contributed by atoms with Crippen LogP contribution >= 0.6 is 0 Å². The van der Waals surface area contributed by atoms with Crippen molar-refractivity contribution in [3.63, 3.8) is 0 Å². The quantitative estimate of drug-likeness (QED) is 0.885. The average Bonchev–Trinajstić information content (AvgIpc) is 2.37. The van der Waals surface area contributed by atoms with Crippen molar-refractivity contribution in [1.82, 2.24) is 9.97 Å².